The molecule has 0 spiro atoms. The molecule has 0 aliphatic carbocycles. The molecule has 0 radical (unpaired) electrons. The van der Waals surface area contributed by atoms with Crippen molar-refractivity contribution in [2.75, 3.05) is 5.32 Å². The standard InChI is InChI=1S/C24H18Cl2N4O4/c25-16-12-17(26)14-18(13-16)28-24(32)22(15-6-2-1-3-7-15)33-21(31)10-9-20-29-23(30-34-20)19-8-4-5-11-27-19/h1-8,11-14,22H,9-10H2,(H,28,32). The summed E-state index contributed by atoms with van der Waals surface area (Å²) < 4.78 is 10.7. The lowest BCUT2D eigenvalue weighted by Gasteiger charge is -2.18. The van der Waals surface area contributed by atoms with Crippen molar-refractivity contribution in [2.45, 2.75) is 18.9 Å². The Bertz CT molecular complexity index is 1260. The molecule has 1 N–H and O–H groups in total. The second-order valence-electron chi connectivity index (χ2n) is 7.15. The molecule has 34 heavy (non-hydrogen) atoms. The van der Waals surface area contributed by atoms with Gasteiger partial charge >= 0.3 is 5.97 Å². The number of amides is 1. The molecule has 0 saturated carbocycles. The highest BCUT2D eigenvalue weighted by Crippen LogP contribution is 2.25. The summed E-state index contributed by atoms with van der Waals surface area (Å²) in [5, 5.41) is 7.29. The summed E-state index contributed by atoms with van der Waals surface area (Å²) in [6.07, 6.45) is 0.516. The average Bonchev–Trinajstić information content (AvgIpc) is 3.31. The number of hydrogen-bond donors (Lipinski definition) is 1. The van der Waals surface area contributed by atoms with Gasteiger partial charge in [0.2, 0.25) is 17.8 Å². The molecular formula is C24H18Cl2N4O4. The second kappa shape index (κ2) is 10.9. The molecule has 1 atom stereocenters. The van der Waals surface area contributed by atoms with Gasteiger partial charge in [0.15, 0.2) is 0 Å². The first-order valence-corrected chi connectivity index (χ1v) is 11.0. The molecule has 4 aromatic rings. The molecule has 2 aromatic heterocycles. The van der Waals surface area contributed by atoms with Crippen molar-refractivity contribution in [3.8, 4) is 11.5 Å². The maximum absolute atomic E-state index is 13.0. The van der Waals surface area contributed by atoms with E-state index in [1.54, 1.807) is 66.9 Å². The zero-order valence-electron chi connectivity index (χ0n) is 17.7. The molecular weight excluding hydrogens is 479 g/mol. The van der Waals surface area contributed by atoms with Crippen LogP contribution in [0, 0.1) is 0 Å². The number of benzene rings is 2. The average molecular weight is 497 g/mol. The molecule has 8 nitrogen and oxygen atoms in total. The normalized spacial score (nSPS) is 11.6. The van der Waals surface area contributed by atoms with E-state index < -0.39 is 18.0 Å². The van der Waals surface area contributed by atoms with Gasteiger partial charge in [0.05, 0.1) is 6.42 Å². The van der Waals surface area contributed by atoms with Crippen molar-refractivity contribution in [3.05, 3.63) is 94.4 Å². The first-order chi connectivity index (χ1) is 16.5. The number of halogens is 2. The molecule has 1 unspecified atom stereocenters. The van der Waals surface area contributed by atoms with E-state index >= 15 is 0 Å². The molecule has 0 saturated heterocycles. The maximum atomic E-state index is 13.0. The van der Waals surface area contributed by atoms with Crippen LogP contribution in [-0.4, -0.2) is 27.0 Å². The Morgan fingerprint density at radius 1 is 1.00 bits per heavy atom. The minimum Gasteiger partial charge on any atom is -0.447 e. The number of aromatic nitrogens is 3. The van der Waals surface area contributed by atoms with Crippen molar-refractivity contribution in [1.82, 2.24) is 15.1 Å². The predicted molar refractivity (Wildman–Crippen MR) is 126 cm³/mol. The van der Waals surface area contributed by atoms with E-state index in [1.165, 1.54) is 0 Å². The maximum Gasteiger partial charge on any atom is 0.307 e. The number of carbonyl (C=O) groups is 2. The first-order valence-electron chi connectivity index (χ1n) is 10.2. The smallest absolute Gasteiger partial charge is 0.307 e. The number of hydrogen-bond acceptors (Lipinski definition) is 7. The molecule has 2 heterocycles. The fraction of sp³-hybridized carbons (Fsp3) is 0.125. The monoisotopic (exact) mass is 496 g/mol. The molecule has 0 bridgehead atoms. The van der Waals surface area contributed by atoms with E-state index in [0.717, 1.165) is 0 Å². The third-order valence-electron chi connectivity index (χ3n) is 4.62. The van der Waals surface area contributed by atoms with Crippen LogP contribution in [0.5, 0.6) is 0 Å². The fourth-order valence-electron chi connectivity index (χ4n) is 3.09. The summed E-state index contributed by atoms with van der Waals surface area (Å²) in [5.41, 5.74) is 1.45. The van der Waals surface area contributed by atoms with Gasteiger partial charge < -0.3 is 14.6 Å². The molecule has 0 fully saturated rings. The lowest BCUT2D eigenvalue weighted by atomic mass is 10.1. The van der Waals surface area contributed by atoms with Crippen molar-refractivity contribution in [3.63, 3.8) is 0 Å². The Balaban J connectivity index is 1.42. The number of aryl methyl sites for hydroxylation is 1. The van der Waals surface area contributed by atoms with Crippen LogP contribution in [0.2, 0.25) is 10.0 Å². The van der Waals surface area contributed by atoms with Crippen molar-refractivity contribution in [1.29, 1.82) is 0 Å². The summed E-state index contributed by atoms with van der Waals surface area (Å²) in [6.45, 7) is 0. The number of carbonyl (C=O) groups excluding carboxylic acids is 2. The van der Waals surface area contributed by atoms with Gasteiger partial charge in [-0.3, -0.25) is 14.6 Å². The number of anilines is 1. The van der Waals surface area contributed by atoms with Crippen LogP contribution in [0.25, 0.3) is 11.5 Å². The summed E-state index contributed by atoms with van der Waals surface area (Å²) in [7, 11) is 0. The highest BCUT2D eigenvalue weighted by atomic mass is 35.5. The quantitative estimate of drug-likeness (QED) is 0.330. The lowest BCUT2D eigenvalue weighted by Crippen LogP contribution is -2.26. The summed E-state index contributed by atoms with van der Waals surface area (Å²) >= 11 is 12.0. The van der Waals surface area contributed by atoms with Gasteiger partial charge in [-0.2, -0.15) is 4.98 Å². The SMILES string of the molecule is O=C(CCc1nc(-c2ccccn2)no1)OC(C(=O)Nc1cc(Cl)cc(Cl)c1)c1ccccc1. The van der Waals surface area contributed by atoms with Crippen molar-refractivity contribution in [2.24, 2.45) is 0 Å². The molecule has 172 valence electrons. The first kappa shape index (κ1) is 23.4. The third kappa shape index (κ3) is 6.18. The molecule has 4 rings (SSSR count). The van der Waals surface area contributed by atoms with Gasteiger partial charge in [-0.05, 0) is 30.3 Å². The van der Waals surface area contributed by atoms with Crippen LogP contribution in [0.3, 0.4) is 0 Å². The molecule has 0 aliphatic rings. The Labute approximate surface area is 204 Å². The Hall–Kier alpha value is -3.75. The van der Waals surface area contributed by atoms with E-state index in [4.69, 9.17) is 32.5 Å². The van der Waals surface area contributed by atoms with Gasteiger partial charge in [-0.15, -0.1) is 0 Å². The van der Waals surface area contributed by atoms with E-state index in [2.05, 4.69) is 20.4 Å². The zero-order valence-corrected chi connectivity index (χ0v) is 19.2. The Morgan fingerprint density at radius 2 is 1.74 bits per heavy atom. The number of nitrogens with one attached hydrogen (secondary N) is 1. The molecule has 2 aromatic carbocycles. The molecule has 10 heteroatoms. The van der Waals surface area contributed by atoms with Gasteiger partial charge in [0.1, 0.15) is 5.69 Å². The van der Waals surface area contributed by atoms with Gasteiger partial charge in [-0.25, -0.2) is 0 Å². The highest BCUT2D eigenvalue weighted by Gasteiger charge is 2.25. The third-order valence-corrected chi connectivity index (χ3v) is 5.06. The summed E-state index contributed by atoms with van der Waals surface area (Å²) in [6, 6.07) is 18.7. The number of pyridine rings is 1. The lowest BCUT2D eigenvalue weighted by molar-refractivity contribution is -0.154. The zero-order chi connectivity index (χ0) is 23.9. The van der Waals surface area contributed by atoms with Crippen molar-refractivity contribution < 1.29 is 18.8 Å². The Morgan fingerprint density at radius 3 is 2.44 bits per heavy atom. The number of esters is 1. The van der Waals surface area contributed by atoms with Gasteiger partial charge in [-0.1, -0.05) is 64.8 Å². The molecule has 1 amide bonds. The minimum atomic E-state index is -1.18. The van der Waals surface area contributed by atoms with E-state index in [1.807, 2.05) is 6.07 Å². The molecule has 0 aliphatic heterocycles. The van der Waals surface area contributed by atoms with E-state index in [-0.39, 0.29) is 18.7 Å². The van der Waals surface area contributed by atoms with Crippen LogP contribution in [0.15, 0.2) is 77.4 Å². The van der Waals surface area contributed by atoms with Crippen LogP contribution < -0.4 is 5.32 Å². The number of rotatable bonds is 8. The Kier molecular flexibility index (Phi) is 7.51. The number of nitrogens with zero attached hydrogens (tertiary/aromatic N) is 3. The largest absolute Gasteiger partial charge is 0.447 e. The predicted octanol–water partition coefficient (Wildman–Crippen LogP) is 5.29. The highest BCUT2D eigenvalue weighted by molar-refractivity contribution is 6.35. The van der Waals surface area contributed by atoms with Crippen LogP contribution in [0.1, 0.15) is 24.0 Å². The van der Waals surface area contributed by atoms with Crippen LogP contribution in [0.4, 0.5) is 5.69 Å². The van der Waals surface area contributed by atoms with Gasteiger partial charge in [0, 0.05) is 33.9 Å². The summed E-state index contributed by atoms with van der Waals surface area (Å²) in [4.78, 5) is 34.0. The van der Waals surface area contributed by atoms with E-state index in [9.17, 15) is 9.59 Å². The number of ether oxygens (including phenoxy) is 1. The van der Waals surface area contributed by atoms with Crippen LogP contribution >= 0.6 is 23.2 Å². The van der Waals surface area contributed by atoms with Gasteiger partial charge in [0.25, 0.3) is 5.91 Å². The van der Waals surface area contributed by atoms with Crippen molar-refractivity contribution >= 4 is 40.8 Å². The van der Waals surface area contributed by atoms with Crippen LogP contribution in [-0.2, 0) is 20.7 Å². The van der Waals surface area contributed by atoms with E-state index in [0.29, 0.717) is 32.8 Å². The second-order valence-corrected chi connectivity index (χ2v) is 8.03. The topological polar surface area (TPSA) is 107 Å². The minimum absolute atomic E-state index is 0.0660. The fourth-order valence-corrected chi connectivity index (χ4v) is 3.62. The summed E-state index contributed by atoms with van der Waals surface area (Å²) in [5.74, 6) is -0.573.